The quantitative estimate of drug-likeness (QED) is 0.0970. The van der Waals surface area contributed by atoms with Crippen LogP contribution in [0.1, 0.15) is 105 Å². The van der Waals surface area contributed by atoms with Crippen molar-refractivity contribution < 1.29 is 28.7 Å². The van der Waals surface area contributed by atoms with Gasteiger partial charge in [-0.05, 0) is 64.3 Å². The molecule has 2 aliphatic rings. The molecule has 246 valence electrons. The number of hydrogen-bond acceptors (Lipinski definition) is 9. The first-order valence-corrected chi connectivity index (χ1v) is 16.4. The number of rotatable bonds is 13. The summed E-state index contributed by atoms with van der Waals surface area (Å²) in [6.45, 7) is 11.1. The highest BCUT2D eigenvalue weighted by Gasteiger charge is 2.29. The minimum absolute atomic E-state index is 0.199. The number of halogens is 1. The number of aldehydes is 2. The molecular weight excluding hydrogens is 580 g/mol. The van der Waals surface area contributed by atoms with E-state index in [1.54, 1.807) is 0 Å². The van der Waals surface area contributed by atoms with Gasteiger partial charge in [-0.2, -0.15) is 0 Å². The van der Waals surface area contributed by atoms with Gasteiger partial charge in [0.05, 0.1) is 18.1 Å². The number of carbonyl (C=O) groups is 5. The molecule has 2 amide bonds. The average molecular weight is 637 g/mol. The number of likely N-dealkylation sites (N-methyl/N-ethyl adjacent to an activating group) is 1. The van der Waals surface area contributed by atoms with E-state index >= 15 is 0 Å². The first-order chi connectivity index (χ1) is 19.9. The molecular formula is C30H57ClN4O6S. The maximum Gasteiger partial charge on any atom is 0.408 e. The number of alkyl halides is 1. The topological polar surface area (TPSA) is 148 Å². The third-order valence-corrected chi connectivity index (χ3v) is 8.45. The standard InChI is InChI=1S/C15H27NO3.C8H15NO.C6H12N2O2S.CH3Cl/c1-4-15(3,5-2)19-14(18)16-13(11-17)12-9-7-6-8-10-12;1-3-7-4-8(6-10)9(2)5-7;1-2-3-4(8-11)5(9)6(7)10;1-2/h11-13H,4-10H2,1-3H3,(H,16,18);6-8H,3-5H2,1-2H3;4,8,11H,2-3H2,1H3,(H2,7,10);1H3/t;7-,8?;;/m.1../s1. The van der Waals surface area contributed by atoms with Gasteiger partial charge in [0, 0.05) is 12.9 Å². The van der Waals surface area contributed by atoms with Crippen molar-refractivity contribution in [3.8, 4) is 0 Å². The number of nitrogens with zero attached hydrogens (tertiary/aromatic N) is 1. The summed E-state index contributed by atoms with van der Waals surface area (Å²) < 4.78 is 7.88. The molecule has 0 aromatic heterocycles. The molecule has 0 aromatic rings. The number of nitrogens with two attached hydrogens (primary N) is 1. The smallest absolute Gasteiger partial charge is 0.408 e. The normalized spacial score (nSPS) is 20.1. The third-order valence-electron chi connectivity index (χ3n) is 8.14. The van der Waals surface area contributed by atoms with Gasteiger partial charge in [0.15, 0.2) is 0 Å². The van der Waals surface area contributed by atoms with Crippen molar-refractivity contribution in [2.75, 3.05) is 20.0 Å². The van der Waals surface area contributed by atoms with Gasteiger partial charge in [-0.1, -0.05) is 72.6 Å². The Labute approximate surface area is 264 Å². The minimum Gasteiger partial charge on any atom is -0.443 e. The van der Waals surface area contributed by atoms with E-state index in [1.807, 2.05) is 34.7 Å². The number of hydrogen-bond donors (Lipinski definition) is 4. The van der Waals surface area contributed by atoms with Gasteiger partial charge in [-0.15, -0.1) is 11.6 Å². The molecule has 2 fully saturated rings. The van der Waals surface area contributed by atoms with Gasteiger partial charge in [0.25, 0.3) is 5.91 Å². The zero-order chi connectivity index (χ0) is 32.7. The second-order valence-corrected chi connectivity index (χ2v) is 11.4. The monoisotopic (exact) mass is 636 g/mol. The summed E-state index contributed by atoms with van der Waals surface area (Å²) in [5, 5.41) is 2.73. The molecule has 0 radical (unpaired) electrons. The van der Waals surface area contributed by atoms with E-state index in [0.29, 0.717) is 6.42 Å². The maximum absolute atomic E-state index is 11.9. The van der Waals surface area contributed by atoms with Crippen LogP contribution in [0.3, 0.4) is 0 Å². The van der Waals surface area contributed by atoms with Crippen molar-refractivity contribution in [3.05, 3.63) is 0 Å². The van der Waals surface area contributed by atoms with Crippen LogP contribution < -0.4 is 15.8 Å². The van der Waals surface area contributed by atoms with Crippen LogP contribution in [0.25, 0.3) is 0 Å². The van der Waals surface area contributed by atoms with Crippen molar-refractivity contribution >= 4 is 54.8 Å². The molecule has 1 aliphatic carbocycles. The lowest BCUT2D eigenvalue weighted by molar-refractivity contribution is -0.137. The number of thiol groups is 1. The third kappa shape index (κ3) is 16.8. The number of ketones is 1. The summed E-state index contributed by atoms with van der Waals surface area (Å²) in [7, 11) is 2.02. The van der Waals surface area contributed by atoms with E-state index < -0.39 is 35.5 Å². The molecule has 4 N–H and O–H groups in total. The Hall–Kier alpha value is -1.69. The highest BCUT2D eigenvalue weighted by atomic mass is 35.5. The maximum atomic E-state index is 11.9. The fourth-order valence-electron chi connectivity index (χ4n) is 4.85. The molecule has 1 saturated carbocycles. The van der Waals surface area contributed by atoms with Crippen LogP contribution in [0.4, 0.5) is 4.79 Å². The Kier molecular flexibility index (Phi) is 25.0. The number of amides is 2. The number of nitrogens with one attached hydrogen (secondary N) is 2. The molecule has 10 nitrogen and oxygen atoms in total. The first-order valence-electron chi connectivity index (χ1n) is 15.2. The van der Waals surface area contributed by atoms with E-state index in [1.165, 1.54) is 19.2 Å². The summed E-state index contributed by atoms with van der Waals surface area (Å²) >= 11 is 8.34. The lowest BCUT2D eigenvalue weighted by Crippen LogP contribution is -2.45. The number of carbonyl (C=O) groups excluding carboxylic acids is 5. The average Bonchev–Trinajstić information content (AvgIpc) is 3.39. The molecule has 12 heteroatoms. The number of alkyl carbamates (subject to hydrolysis) is 1. The summed E-state index contributed by atoms with van der Waals surface area (Å²) in [6, 6.07) is -0.739. The Bertz CT molecular complexity index is 781. The Balaban J connectivity index is 0. The number of Topliss-reactive ketones (excluding diaryl/α,β-unsaturated/α-hetero) is 1. The van der Waals surface area contributed by atoms with E-state index in [2.05, 4.69) is 46.3 Å². The van der Waals surface area contributed by atoms with Crippen molar-refractivity contribution in [3.63, 3.8) is 0 Å². The van der Waals surface area contributed by atoms with E-state index in [4.69, 9.17) is 10.5 Å². The van der Waals surface area contributed by atoms with Crippen molar-refractivity contribution in [1.29, 1.82) is 0 Å². The molecule has 4 atom stereocenters. The lowest BCUT2D eigenvalue weighted by atomic mass is 9.84. The van der Waals surface area contributed by atoms with E-state index in [-0.39, 0.29) is 12.0 Å². The minimum atomic E-state index is -0.912. The van der Waals surface area contributed by atoms with Crippen LogP contribution in [0.5, 0.6) is 0 Å². The Morgan fingerprint density at radius 3 is 2.02 bits per heavy atom. The first kappa shape index (κ1) is 42.4. The van der Waals surface area contributed by atoms with Crippen LogP contribution >= 0.6 is 24.4 Å². The molecule has 0 spiro atoms. The molecule has 0 aromatic carbocycles. The molecule has 1 aliphatic heterocycles. The second-order valence-electron chi connectivity index (χ2n) is 11.1. The van der Waals surface area contributed by atoms with Gasteiger partial charge in [0.2, 0.25) is 5.78 Å². The fraction of sp³-hybridized carbons (Fsp3) is 0.833. The largest absolute Gasteiger partial charge is 0.443 e. The number of ether oxygens (including phenoxy) is 1. The molecule has 3 unspecified atom stereocenters. The molecule has 1 saturated heterocycles. The SMILES string of the molecule is CCC(C)(CC)OC(=O)NC(C=O)C1CCCCC1.CCCC(NS)C(=O)C(N)=O.CC[C@@H]1CC(C=O)N(C)C1.CCl. The van der Waals surface area contributed by atoms with Gasteiger partial charge in [-0.25, -0.2) is 4.79 Å². The van der Waals surface area contributed by atoms with Crippen molar-refractivity contribution in [1.82, 2.24) is 14.9 Å². The van der Waals surface area contributed by atoms with Crippen LogP contribution in [0, 0.1) is 11.8 Å². The van der Waals surface area contributed by atoms with Crippen LogP contribution in [-0.2, 0) is 23.9 Å². The van der Waals surface area contributed by atoms with Gasteiger partial charge in [-0.3, -0.25) is 19.2 Å². The van der Waals surface area contributed by atoms with Crippen LogP contribution in [0.2, 0.25) is 0 Å². The number of likely N-dealkylation sites (tertiary alicyclic amines) is 1. The van der Waals surface area contributed by atoms with Crippen molar-refractivity contribution in [2.45, 2.75) is 129 Å². The summed E-state index contributed by atoms with van der Waals surface area (Å²) in [5.74, 6) is -0.500. The summed E-state index contributed by atoms with van der Waals surface area (Å²) in [6.07, 6.45) is 13.7. The lowest BCUT2D eigenvalue weighted by Gasteiger charge is -2.30. The van der Waals surface area contributed by atoms with Gasteiger partial charge >= 0.3 is 6.09 Å². The zero-order valence-corrected chi connectivity index (χ0v) is 28.5. The predicted octanol–water partition coefficient (Wildman–Crippen LogP) is 4.85. The Morgan fingerprint density at radius 2 is 1.67 bits per heavy atom. The highest BCUT2D eigenvalue weighted by Crippen LogP contribution is 2.26. The predicted molar refractivity (Wildman–Crippen MR) is 173 cm³/mol. The highest BCUT2D eigenvalue weighted by molar-refractivity contribution is 7.78. The molecule has 42 heavy (non-hydrogen) atoms. The Morgan fingerprint density at radius 1 is 1.10 bits per heavy atom. The van der Waals surface area contributed by atoms with Crippen LogP contribution in [0.15, 0.2) is 0 Å². The van der Waals surface area contributed by atoms with Gasteiger partial charge in [0.1, 0.15) is 18.2 Å². The van der Waals surface area contributed by atoms with E-state index in [9.17, 15) is 24.0 Å². The zero-order valence-electron chi connectivity index (χ0n) is 26.8. The fourth-order valence-corrected chi connectivity index (χ4v) is 5.09. The summed E-state index contributed by atoms with van der Waals surface area (Å²) in [5.41, 5.74) is 4.34. The molecule has 0 bridgehead atoms. The molecule has 1 heterocycles. The summed E-state index contributed by atoms with van der Waals surface area (Å²) in [4.78, 5) is 56.9. The molecule has 2 rings (SSSR count). The second kappa shape index (κ2) is 24.7. The van der Waals surface area contributed by atoms with Crippen LogP contribution in [-0.4, -0.2) is 79.0 Å². The van der Waals surface area contributed by atoms with Gasteiger partial charge < -0.3 is 25.4 Å². The number of primary amides is 1. The van der Waals surface area contributed by atoms with E-state index in [0.717, 1.165) is 76.4 Å². The van der Waals surface area contributed by atoms with Crippen molar-refractivity contribution in [2.24, 2.45) is 17.6 Å².